The summed E-state index contributed by atoms with van der Waals surface area (Å²) in [7, 11) is 1.87. The molecule has 0 radical (unpaired) electrons. The number of nitrogens with zero attached hydrogens (tertiary/aromatic N) is 3. The summed E-state index contributed by atoms with van der Waals surface area (Å²) in [6.45, 7) is 2.27. The Morgan fingerprint density at radius 3 is 2.36 bits per heavy atom. The molecular weight excluding hydrogens is 357 g/mol. The first kappa shape index (κ1) is 18.0. The highest BCUT2D eigenvalue weighted by molar-refractivity contribution is 6.30. The molecule has 1 aliphatic rings. The van der Waals surface area contributed by atoms with Gasteiger partial charge in [-0.05, 0) is 42.7 Å². The van der Waals surface area contributed by atoms with Crippen molar-refractivity contribution in [2.45, 2.75) is 19.4 Å². The van der Waals surface area contributed by atoms with Gasteiger partial charge in [-0.3, -0.25) is 4.79 Å². The molecule has 1 saturated heterocycles. The first-order valence-electron chi connectivity index (χ1n) is 8.39. The minimum Gasteiger partial charge on any atom is -0.357 e. The summed E-state index contributed by atoms with van der Waals surface area (Å²) in [5.41, 5.74) is 1.09. The molecule has 1 amide bonds. The molecule has 0 unspecified atom stereocenters. The van der Waals surface area contributed by atoms with Crippen LogP contribution in [-0.2, 0) is 11.3 Å². The quantitative estimate of drug-likeness (QED) is 0.798. The zero-order valence-corrected chi connectivity index (χ0v) is 15.7. The molecule has 6 heteroatoms. The van der Waals surface area contributed by atoms with Crippen molar-refractivity contribution in [2.75, 3.05) is 25.0 Å². The first-order chi connectivity index (χ1) is 12.0. The highest BCUT2D eigenvalue weighted by Crippen LogP contribution is 2.24. The molecule has 0 aliphatic carbocycles. The normalized spacial score (nSPS) is 15.2. The van der Waals surface area contributed by atoms with E-state index in [0.29, 0.717) is 16.6 Å². The van der Waals surface area contributed by atoms with Crippen LogP contribution in [0.5, 0.6) is 0 Å². The molecule has 25 heavy (non-hydrogen) atoms. The van der Waals surface area contributed by atoms with Crippen LogP contribution in [0.1, 0.15) is 18.4 Å². The lowest BCUT2D eigenvalue weighted by Gasteiger charge is -2.34. The van der Waals surface area contributed by atoms with Gasteiger partial charge < -0.3 is 9.80 Å². The molecule has 4 nitrogen and oxygen atoms in total. The van der Waals surface area contributed by atoms with Gasteiger partial charge in [0.15, 0.2) is 0 Å². The van der Waals surface area contributed by atoms with E-state index in [1.54, 1.807) is 6.20 Å². The maximum atomic E-state index is 12.7. The van der Waals surface area contributed by atoms with Gasteiger partial charge in [-0.2, -0.15) is 0 Å². The maximum Gasteiger partial charge on any atom is 0.225 e. The van der Waals surface area contributed by atoms with Crippen LogP contribution in [0.2, 0.25) is 10.0 Å². The fourth-order valence-electron chi connectivity index (χ4n) is 3.16. The summed E-state index contributed by atoms with van der Waals surface area (Å²) in [6, 6.07) is 11.4. The van der Waals surface area contributed by atoms with Gasteiger partial charge in [-0.15, -0.1) is 0 Å². The molecule has 0 atom stereocenters. The van der Waals surface area contributed by atoms with E-state index < -0.39 is 0 Å². The van der Waals surface area contributed by atoms with E-state index in [9.17, 15) is 4.79 Å². The van der Waals surface area contributed by atoms with Gasteiger partial charge in [0.05, 0.1) is 5.02 Å². The van der Waals surface area contributed by atoms with Crippen molar-refractivity contribution >= 4 is 34.9 Å². The largest absolute Gasteiger partial charge is 0.357 e. The summed E-state index contributed by atoms with van der Waals surface area (Å²) in [5.74, 6) is 1.20. The number of aromatic nitrogens is 1. The molecule has 1 aromatic heterocycles. The SMILES string of the molecule is CN(Cc1ccc(Cl)cc1)C(=O)C1CCN(c2ccc(Cl)cn2)CC1. The Hall–Kier alpha value is -1.78. The number of anilines is 1. The monoisotopic (exact) mass is 377 g/mol. The Morgan fingerprint density at radius 2 is 1.76 bits per heavy atom. The second kappa shape index (κ2) is 8.07. The molecule has 1 aromatic carbocycles. The summed E-state index contributed by atoms with van der Waals surface area (Å²) in [5, 5.41) is 1.35. The molecule has 1 fully saturated rings. The van der Waals surface area contributed by atoms with Gasteiger partial charge >= 0.3 is 0 Å². The number of hydrogen-bond acceptors (Lipinski definition) is 3. The summed E-state index contributed by atoms with van der Waals surface area (Å²) in [6.07, 6.45) is 3.34. The van der Waals surface area contributed by atoms with Crippen LogP contribution in [0.25, 0.3) is 0 Å². The minimum absolute atomic E-state index is 0.0702. The highest BCUT2D eigenvalue weighted by Gasteiger charge is 2.27. The number of carbonyl (C=O) groups is 1. The average Bonchev–Trinajstić information content (AvgIpc) is 2.64. The Morgan fingerprint density at radius 1 is 1.12 bits per heavy atom. The van der Waals surface area contributed by atoms with Crippen LogP contribution in [-0.4, -0.2) is 35.9 Å². The maximum absolute atomic E-state index is 12.7. The van der Waals surface area contributed by atoms with Crippen molar-refractivity contribution < 1.29 is 4.79 Å². The lowest BCUT2D eigenvalue weighted by Crippen LogP contribution is -2.41. The predicted molar refractivity (Wildman–Crippen MR) is 102 cm³/mol. The summed E-state index contributed by atoms with van der Waals surface area (Å²) in [4.78, 5) is 21.1. The fraction of sp³-hybridized carbons (Fsp3) is 0.368. The second-order valence-corrected chi connectivity index (χ2v) is 7.29. The zero-order valence-electron chi connectivity index (χ0n) is 14.2. The van der Waals surface area contributed by atoms with Crippen LogP contribution < -0.4 is 4.90 Å². The van der Waals surface area contributed by atoms with Gasteiger partial charge in [-0.1, -0.05) is 35.3 Å². The van der Waals surface area contributed by atoms with Crippen LogP contribution >= 0.6 is 23.2 Å². The Kier molecular flexibility index (Phi) is 5.82. The van der Waals surface area contributed by atoms with E-state index in [1.165, 1.54) is 0 Å². The average molecular weight is 378 g/mol. The molecule has 0 N–H and O–H groups in total. The zero-order chi connectivity index (χ0) is 17.8. The lowest BCUT2D eigenvalue weighted by atomic mass is 9.95. The van der Waals surface area contributed by atoms with Gasteiger partial charge in [-0.25, -0.2) is 4.98 Å². The molecule has 0 spiro atoms. The van der Waals surface area contributed by atoms with E-state index in [4.69, 9.17) is 23.2 Å². The number of hydrogen-bond donors (Lipinski definition) is 0. The molecule has 2 aromatic rings. The first-order valence-corrected chi connectivity index (χ1v) is 9.14. The Labute approximate surface area is 158 Å². The van der Waals surface area contributed by atoms with Crippen LogP contribution in [0.3, 0.4) is 0 Å². The molecule has 132 valence electrons. The van der Waals surface area contributed by atoms with Crippen LogP contribution in [0.15, 0.2) is 42.6 Å². The molecule has 3 rings (SSSR count). The third-order valence-electron chi connectivity index (χ3n) is 4.59. The number of amides is 1. The highest BCUT2D eigenvalue weighted by atomic mass is 35.5. The smallest absolute Gasteiger partial charge is 0.225 e. The van der Waals surface area contributed by atoms with Gasteiger partial charge in [0.2, 0.25) is 5.91 Å². The van der Waals surface area contributed by atoms with Crippen molar-refractivity contribution in [2.24, 2.45) is 5.92 Å². The topological polar surface area (TPSA) is 36.4 Å². The van der Waals surface area contributed by atoms with Gasteiger partial charge in [0.1, 0.15) is 5.82 Å². The number of halogens is 2. The third-order valence-corrected chi connectivity index (χ3v) is 5.06. The van der Waals surface area contributed by atoms with Crippen molar-refractivity contribution in [3.63, 3.8) is 0 Å². The van der Waals surface area contributed by atoms with Crippen LogP contribution in [0.4, 0.5) is 5.82 Å². The van der Waals surface area contributed by atoms with Crippen molar-refractivity contribution in [3.8, 4) is 0 Å². The third kappa shape index (κ3) is 4.65. The van der Waals surface area contributed by atoms with Crippen molar-refractivity contribution in [1.82, 2.24) is 9.88 Å². The number of rotatable bonds is 4. The van der Waals surface area contributed by atoms with Crippen LogP contribution in [0, 0.1) is 5.92 Å². The minimum atomic E-state index is 0.0702. The Balaban J connectivity index is 1.53. The van der Waals surface area contributed by atoms with Crippen molar-refractivity contribution in [3.05, 3.63) is 58.2 Å². The number of pyridine rings is 1. The molecule has 2 heterocycles. The molecule has 1 aliphatic heterocycles. The number of carbonyl (C=O) groups excluding carboxylic acids is 1. The second-order valence-electron chi connectivity index (χ2n) is 6.42. The van der Waals surface area contributed by atoms with E-state index in [0.717, 1.165) is 37.3 Å². The predicted octanol–water partition coefficient (Wildman–Crippen LogP) is 4.26. The van der Waals surface area contributed by atoms with E-state index in [1.807, 2.05) is 48.3 Å². The fourth-order valence-corrected chi connectivity index (χ4v) is 3.40. The number of benzene rings is 1. The molecule has 0 bridgehead atoms. The Bertz CT molecular complexity index is 710. The molecule has 0 saturated carbocycles. The summed E-state index contributed by atoms with van der Waals surface area (Å²) >= 11 is 11.8. The van der Waals surface area contributed by atoms with E-state index in [-0.39, 0.29) is 11.8 Å². The van der Waals surface area contributed by atoms with E-state index in [2.05, 4.69) is 9.88 Å². The van der Waals surface area contributed by atoms with Gasteiger partial charge in [0, 0.05) is 43.8 Å². The summed E-state index contributed by atoms with van der Waals surface area (Å²) < 4.78 is 0. The lowest BCUT2D eigenvalue weighted by molar-refractivity contribution is -0.135. The number of piperidine rings is 1. The van der Waals surface area contributed by atoms with E-state index >= 15 is 0 Å². The van der Waals surface area contributed by atoms with Crippen molar-refractivity contribution in [1.29, 1.82) is 0 Å². The molecular formula is C19H21Cl2N3O. The van der Waals surface area contributed by atoms with Gasteiger partial charge in [0.25, 0.3) is 0 Å². The standard InChI is InChI=1S/C19H21Cl2N3O/c1-23(13-14-2-4-16(20)5-3-14)19(25)15-8-10-24(11-9-15)18-7-6-17(21)12-22-18/h2-7,12,15H,8-11,13H2,1H3.